The van der Waals surface area contributed by atoms with Gasteiger partial charge in [0.1, 0.15) is 5.69 Å². The number of methoxy groups -OCH3 is 1. The van der Waals surface area contributed by atoms with Crippen LogP contribution in [0.3, 0.4) is 0 Å². The molecule has 2 aliphatic heterocycles. The van der Waals surface area contributed by atoms with Gasteiger partial charge in [0.25, 0.3) is 11.8 Å². The minimum Gasteiger partial charge on any atom is -0.494 e. The maximum Gasteiger partial charge on any atom is 0.277 e. The summed E-state index contributed by atoms with van der Waals surface area (Å²) in [6, 6.07) is 9.63. The second kappa shape index (κ2) is 7.98. The van der Waals surface area contributed by atoms with E-state index in [2.05, 4.69) is 5.10 Å². The van der Waals surface area contributed by atoms with Gasteiger partial charge >= 0.3 is 0 Å². The van der Waals surface area contributed by atoms with E-state index >= 15 is 0 Å². The first-order valence-electron chi connectivity index (χ1n) is 10.8. The van der Waals surface area contributed by atoms with E-state index in [0.29, 0.717) is 37.2 Å². The highest BCUT2D eigenvalue weighted by molar-refractivity contribution is 6.10. The van der Waals surface area contributed by atoms with Crippen LogP contribution in [0.25, 0.3) is 5.69 Å². The van der Waals surface area contributed by atoms with Crippen molar-refractivity contribution >= 4 is 29.1 Å². The van der Waals surface area contributed by atoms with Crippen LogP contribution in [0.1, 0.15) is 38.5 Å². The summed E-state index contributed by atoms with van der Waals surface area (Å²) in [4.78, 5) is 40.8. The Bertz CT molecular complexity index is 1370. The number of carbonyl (C=O) groups is 3. The number of nitrogens with zero attached hydrogens (tertiary/aromatic N) is 4. The van der Waals surface area contributed by atoms with Crippen molar-refractivity contribution in [3.8, 4) is 11.4 Å². The summed E-state index contributed by atoms with van der Waals surface area (Å²) in [5.41, 5.74) is 8.71. The number of β-lactam (4-membered cyclic amide) rings is 1. The number of carbonyl (C=O) groups excluding carboxylic acids is 3. The molecule has 3 aromatic rings. The van der Waals surface area contributed by atoms with E-state index in [1.807, 2.05) is 19.1 Å². The number of anilines is 2. The van der Waals surface area contributed by atoms with Gasteiger partial charge in [-0.05, 0) is 49.2 Å². The Morgan fingerprint density at radius 3 is 2.38 bits per heavy atom. The summed E-state index contributed by atoms with van der Waals surface area (Å²) in [6.07, 6.45) is 0.885. The summed E-state index contributed by atoms with van der Waals surface area (Å²) < 4.78 is 20.6. The average Bonchev–Trinajstić information content (AvgIpc) is 3.20. The molecule has 3 amide bonds. The SMILES string of the molecule is COc1ccc(-n2nc(C(N)=O)c3c2C(=O)N(c2ccc(N4CCC4=O)c(C)c2)CC3)cc1F. The molecule has 0 spiro atoms. The van der Waals surface area contributed by atoms with Crippen molar-refractivity contribution < 1.29 is 23.5 Å². The Labute approximate surface area is 194 Å². The summed E-state index contributed by atoms with van der Waals surface area (Å²) in [5, 5.41) is 4.26. The summed E-state index contributed by atoms with van der Waals surface area (Å²) in [5.74, 6) is -1.65. The second-order valence-corrected chi connectivity index (χ2v) is 8.24. The number of hydrogen-bond acceptors (Lipinski definition) is 5. The number of amides is 3. The van der Waals surface area contributed by atoms with Crippen LogP contribution in [0.5, 0.6) is 5.75 Å². The number of fused-ring (bicyclic) bond motifs is 1. The minimum atomic E-state index is -0.760. The zero-order valence-electron chi connectivity index (χ0n) is 18.7. The fourth-order valence-corrected chi connectivity index (χ4v) is 4.46. The van der Waals surface area contributed by atoms with Crippen LogP contribution in [0.15, 0.2) is 36.4 Å². The van der Waals surface area contributed by atoms with Gasteiger partial charge in [0.2, 0.25) is 5.91 Å². The highest BCUT2D eigenvalue weighted by Gasteiger charge is 2.35. The molecule has 3 heterocycles. The number of primary amides is 1. The first kappa shape index (κ1) is 21.6. The lowest BCUT2D eigenvalue weighted by atomic mass is 10.0. The molecule has 0 unspecified atom stereocenters. The van der Waals surface area contributed by atoms with Gasteiger partial charge in [0.05, 0.1) is 12.8 Å². The first-order valence-corrected chi connectivity index (χ1v) is 10.8. The predicted octanol–water partition coefficient (Wildman–Crippen LogP) is 2.37. The number of rotatable bonds is 5. The molecule has 0 atom stereocenters. The molecule has 10 heteroatoms. The normalized spacial score (nSPS) is 15.3. The van der Waals surface area contributed by atoms with E-state index in [9.17, 15) is 18.8 Å². The van der Waals surface area contributed by atoms with Gasteiger partial charge in [-0.3, -0.25) is 14.4 Å². The van der Waals surface area contributed by atoms with Crippen LogP contribution in [0.2, 0.25) is 0 Å². The van der Waals surface area contributed by atoms with E-state index in [4.69, 9.17) is 10.5 Å². The van der Waals surface area contributed by atoms with Crippen LogP contribution >= 0.6 is 0 Å². The Morgan fingerprint density at radius 2 is 1.79 bits per heavy atom. The molecule has 0 aliphatic carbocycles. The lowest BCUT2D eigenvalue weighted by Gasteiger charge is -2.33. The Balaban J connectivity index is 1.56. The van der Waals surface area contributed by atoms with Crippen molar-refractivity contribution in [2.75, 3.05) is 30.0 Å². The lowest BCUT2D eigenvalue weighted by Crippen LogP contribution is -2.44. The second-order valence-electron chi connectivity index (χ2n) is 8.24. The maximum atomic E-state index is 14.4. The highest BCUT2D eigenvalue weighted by Crippen LogP contribution is 2.33. The van der Waals surface area contributed by atoms with Crippen molar-refractivity contribution in [1.82, 2.24) is 9.78 Å². The molecule has 0 radical (unpaired) electrons. The Kier molecular flexibility index (Phi) is 5.07. The van der Waals surface area contributed by atoms with E-state index in [1.165, 1.54) is 23.9 Å². The molecule has 34 heavy (non-hydrogen) atoms. The van der Waals surface area contributed by atoms with Crippen molar-refractivity contribution in [2.45, 2.75) is 19.8 Å². The van der Waals surface area contributed by atoms with Gasteiger partial charge in [-0.15, -0.1) is 0 Å². The summed E-state index contributed by atoms with van der Waals surface area (Å²) in [7, 11) is 1.35. The molecule has 9 nitrogen and oxygen atoms in total. The van der Waals surface area contributed by atoms with Gasteiger partial charge in [-0.25, -0.2) is 9.07 Å². The van der Waals surface area contributed by atoms with Crippen molar-refractivity contribution in [2.24, 2.45) is 5.73 Å². The van der Waals surface area contributed by atoms with Crippen molar-refractivity contribution in [1.29, 1.82) is 0 Å². The topological polar surface area (TPSA) is 111 Å². The zero-order valence-corrected chi connectivity index (χ0v) is 18.7. The number of hydrogen-bond donors (Lipinski definition) is 1. The number of halogens is 1. The number of ether oxygens (including phenoxy) is 1. The Morgan fingerprint density at radius 1 is 1.06 bits per heavy atom. The fraction of sp³-hybridized carbons (Fsp3) is 0.250. The third-order valence-corrected chi connectivity index (χ3v) is 6.26. The van der Waals surface area contributed by atoms with Gasteiger partial charge in [0.15, 0.2) is 17.3 Å². The highest BCUT2D eigenvalue weighted by atomic mass is 19.1. The quantitative estimate of drug-likeness (QED) is 0.584. The van der Waals surface area contributed by atoms with E-state index in [1.54, 1.807) is 21.9 Å². The van der Waals surface area contributed by atoms with Gasteiger partial charge in [0, 0.05) is 42.5 Å². The molecule has 1 aromatic heterocycles. The zero-order chi connectivity index (χ0) is 24.1. The lowest BCUT2D eigenvalue weighted by molar-refractivity contribution is -0.122. The largest absolute Gasteiger partial charge is 0.494 e. The average molecular weight is 463 g/mol. The maximum absolute atomic E-state index is 14.4. The van der Waals surface area contributed by atoms with E-state index < -0.39 is 11.7 Å². The molecule has 174 valence electrons. The first-order chi connectivity index (χ1) is 16.3. The summed E-state index contributed by atoms with van der Waals surface area (Å²) >= 11 is 0. The standard InChI is InChI=1S/C24H22FN5O4/c1-13-11-14(3-5-18(13)29-10-8-20(29)31)28-9-7-16-21(23(26)32)27-30(22(16)24(28)33)15-4-6-19(34-2)17(25)12-15/h3-6,11-12H,7-10H2,1-2H3,(H2,26,32). The predicted molar refractivity (Wildman–Crippen MR) is 122 cm³/mol. The molecule has 1 fully saturated rings. The van der Waals surface area contributed by atoms with Crippen molar-refractivity contribution in [3.63, 3.8) is 0 Å². The fourth-order valence-electron chi connectivity index (χ4n) is 4.46. The molecule has 2 aromatic carbocycles. The molecular formula is C24H22FN5O4. The molecule has 0 saturated carbocycles. The van der Waals surface area contributed by atoms with Crippen LogP contribution in [-0.2, 0) is 11.2 Å². The van der Waals surface area contributed by atoms with Crippen LogP contribution in [0, 0.1) is 12.7 Å². The van der Waals surface area contributed by atoms with Gasteiger partial charge in [-0.1, -0.05) is 0 Å². The molecule has 1 saturated heterocycles. The third-order valence-electron chi connectivity index (χ3n) is 6.26. The van der Waals surface area contributed by atoms with Gasteiger partial charge < -0.3 is 20.3 Å². The molecule has 0 bridgehead atoms. The molecule has 5 rings (SSSR count). The number of aromatic nitrogens is 2. The smallest absolute Gasteiger partial charge is 0.277 e. The molecule has 2 N–H and O–H groups in total. The molecular weight excluding hydrogens is 441 g/mol. The van der Waals surface area contributed by atoms with E-state index in [-0.39, 0.29) is 34.6 Å². The van der Waals surface area contributed by atoms with Crippen LogP contribution < -0.4 is 20.3 Å². The van der Waals surface area contributed by atoms with Crippen molar-refractivity contribution in [3.05, 3.63) is 64.7 Å². The Hall–Kier alpha value is -4.21. The van der Waals surface area contributed by atoms with E-state index in [0.717, 1.165) is 11.3 Å². The number of aryl methyl sites for hydroxylation is 1. The van der Waals surface area contributed by atoms with Crippen LogP contribution in [-0.4, -0.2) is 47.7 Å². The minimum absolute atomic E-state index is 0.0120. The summed E-state index contributed by atoms with van der Waals surface area (Å²) in [6.45, 7) is 2.88. The monoisotopic (exact) mass is 463 g/mol. The molecule has 2 aliphatic rings. The number of benzene rings is 2. The third kappa shape index (κ3) is 3.30. The number of nitrogens with two attached hydrogens (primary N) is 1. The van der Waals surface area contributed by atoms with Crippen LogP contribution in [0.4, 0.5) is 15.8 Å². The van der Waals surface area contributed by atoms with Gasteiger partial charge in [-0.2, -0.15) is 5.10 Å².